The summed E-state index contributed by atoms with van der Waals surface area (Å²) < 4.78 is 10.4. The lowest BCUT2D eigenvalue weighted by molar-refractivity contribution is -0.161. The van der Waals surface area contributed by atoms with Crippen LogP contribution in [0.25, 0.3) is 0 Å². The summed E-state index contributed by atoms with van der Waals surface area (Å²) in [6.07, 6.45) is 1.51. The summed E-state index contributed by atoms with van der Waals surface area (Å²) in [5, 5.41) is 0. The van der Waals surface area contributed by atoms with Crippen molar-refractivity contribution in [2.24, 2.45) is 0 Å². The molecule has 0 spiro atoms. The number of ether oxygens (including phenoxy) is 2. The Morgan fingerprint density at radius 2 is 1.60 bits per heavy atom. The smallest absolute Gasteiger partial charge is 0.375 e. The molecule has 5 nitrogen and oxygen atoms in total. The average molecular weight is 336 g/mol. The first-order valence-corrected chi connectivity index (χ1v) is 7.80. The molecular formula is C20H16O5. The second-order valence-corrected chi connectivity index (χ2v) is 5.64. The Balaban J connectivity index is 2.07. The summed E-state index contributed by atoms with van der Waals surface area (Å²) in [5.41, 5.74) is -0.484. The van der Waals surface area contributed by atoms with E-state index in [-0.39, 0.29) is 18.0 Å². The molecule has 1 atom stereocenters. The minimum Gasteiger partial charge on any atom is -0.439 e. The third kappa shape index (κ3) is 3.21. The molecule has 126 valence electrons. The van der Waals surface area contributed by atoms with E-state index < -0.39 is 17.5 Å². The maximum Gasteiger partial charge on any atom is 0.375 e. The van der Waals surface area contributed by atoms with Gasteiger partial charge in [0.15, 0.2) is 0 Å². The lowest BCUT2D eigenvalue weighted by Gasteiger charge is -2.34. The lowest BCUT2D eigenvalue weighted by Crippen LogP contribution is -2.43. The highest BCUT2D eigenvalue weighted by molar-refractivity contribution is 6.06. The van der Waals surface area contributed by atoms with E-state index in [4.69, 9.17) is 9.47 Å². The van der Waals surface area contributed by atoms with Gasteiger partial charge in [0.2, 0.25) is 17.1 Å². The number of carbonyl (C=O) groups excluding carboxylic acids is 3. The van der Waals surface area contributed by atoms with Crippen LogP contribution in [0.3, 0.4) is 0 Å². The van der Waals surface area contributed by atoms with Gasteiger partial charge in [0.1, 0.15) is 0 Å². The Kier molecular flexibility index (Phi) is 4.48. The second-order valence-electron chi connectivity index (χ2n) is 5.64. The molecule has 2 aromatic rings. The molecule has 0 radical (unpaired) electrons. The van der Waals surface area contributed by atoms with Gasteiger partial charge < -0.3 is 9.47 Å². The molecule has 0 aromatic heterocycles. The number of cyclic esters (lactones) is 1. The van der Waals surface area contributed by atoms with E-state index in [1.165, 1.54) is 13.0 Å². The van der Waals surface area contributed by atoms with Crippen LogP contribution in [-0.4, -0.2) is 17.7 Å². The molecule has 3 rings (SSSR count). The Morgan fingerprint density at radius 1 is 1.00 bits per heavy atom. The number of benzene rings is 2. The van der Waals surface area contributed by atoms with Crippen LogP contribution in [0.1, 0.15) is 29.3 Å². The summed E-state index contributed by atoms with van der Waals surface area (Å²) in [7, 11) is 0. The predicted octanol–water partition coefficient (Wildman–Crippen LogP) is 3.16. The second kappa shape index (κ2) is 6.73. The van der Waals surface area contributed by atoms with Crippen LogP contribution < -0.4 is 0 Å². The molecule has 1 aliphatic rings. The topological polar surface area (TPSA) is 69.7 Å². The summed E-state index contributed by atoms with van der Waals surface area (Å²) in [6.45, 7) is 1.20. The van der Waals surface area contributed by atoms with E-state index in [2.05, 4.69) is 0 Å². The monoisotopic (exact) mass is 336 g/mol. The van der Waals surface area contributed by atoms with Crippen molar-refractivity contribution in [3.63, 3.8) is 0 Å². The fourth-order valence-corrected chi connectivity index (χ4v) is 2.79. The van der Waals surface area contributed by atoms with Gasteiger partial charge in [-0.1, -0.05) is 60.7 Å². The molecule has 0 N–H and O–H groups in total. The van der Waals surface area contributed by atoms with Gasteiger partial charge >= 0.3 is 11.9 Å². The van der Waals surface area contributed by atoms with Crippen molar-refractivity contribution in [2.45, 2.75) is 18.9 Å². The Labute approximate surface area is 144 Å². The molecule has 0 aliphatic carbocycles. The predicted molar refractivity (Wildman–Crippen MR) is 89.5 cm³/mol. The van der Waals surface area contributed by atoms with E-state index >= 15 is 0 Å². The standard InChI is InChI=1S/C20H16O5/c1-14(21)24-17-12-13-20(25-19(17)23,16-10-6-3-7-11-16)18(22)15-8-4-2-5-9-15/h2-12H,13H2,1H3. The van der Waals surface area contributed by atoms with Crippen LogP contribution in [0.15, 0.2) is 72.5 Å². The van der Waals surface area contributed by atoms with Crippen molar-refractivity contribution < 1.29 is 23.9 Å². The van der Waals surface area contributed by atoms with Gasteiger partial charge in [0.05, 0.1) is 0 Å². The maximum atomic E-state index is 13.2. The molecule has 25 heavy (non-hydrogen) atoms. The molecule has 0 fully saturated rings. The van der Waals surface area contributed by atoms with Gasteiger partial charge in [-0.25, -0.2) is 4.79 Å². The van der Waals surface area contributed by atoms with Crippen LogP contribution in [0.5, 0.6) is 0 Å². The minimum absolute atomic E-state index is 0.0824. The summed E-state index contributed by atoms with van der Waals surface area (Å²) in [4.78, 5) is 36.6. The Hall–Kier alpha value is -3.21. The molecule has 0 bridgehead atoms. The van der Waals surface area contributed by atoms with Gasteiger partial charge in [-0.05, 0) is 6.08 Å². The summed E-state index contributed by atoms with van der Waals surface area (Å²) in [6, 6.07) is 17.5. The highest BCUT2D eigenvalue weighted by Gasteiger charge is 2.47. The quantitative estimate of drug-likeness (QED) is 0.634. The molecule has 0 amide bonds. The zero-order valence-corrected chi connectivity index (χ0v) is 13.6. The number of Topliss-reactive ketones (excluding diaryl/α,β-unsaturated/α-hetero) is 1. The van der Waals surface area contributed by atoms with Crippen molar-refractivity contribution in [3.8, 4) is 0 Å². The normalized spacial score (nSPS) is 19.6. The Bertz CT molecular complexity index is 839. The van der Waals surface area contributed by atoms with Crippen molar-refractivity contribution in [2.75, 3.05) is 0 Å². The largest absolute Gasteiger partial charge is 0.439 e. The molecule has 5 heteroatoms. The minimum atomic E-state index is -1.48. The van der Waals surface area contributed by atoms with E-state index in [0.29, 0.717) is 11.1 Å². The van der Waals surface area contributed by atoms with Gasteiger partial charge in [-0.15, -0.1) is 0 Å². The number of esters is 2. The van der Waals surface area contributed by atoms with Crippen LogP contribution in [-0.2, 0) is 24.7 Å². The van der Waals surface area contributed by atoms with E-state index in [1.54, 1.807) is 54.6 Å². The van der Waals surface area contributed by atoms with Crippen molar-refractivity contribution in [3.05, 3.63) is 83.6 Å². The SMILES string of the molecule is CC(=O)OC1=CCC(C(=O)c2ccccc2)(c2ccccc2)OC1=O. The van der Waals surface area contributed by atoms with Gasteiger partial charge in [0.25, 0.3) is 0 Å². The first kappa shape index (κ1) is 16.6. The first-order valence-electron chi connectivity index (χ1n) is 7.80. The average Bonchev–Trinajstić information content (AvgIpc) is 2.64. The highest BCUT2D eigenvalue weighted by Crippen LogP contribution is 2.38. The van der Waals surface area contributed by atoms with Gasteiger partial charge in [-0.3, -0.25) is 9.59 Å². The van der Waals surface area contributed by atoms with E-state index in [9.17, 15) is 14.4 Å². The van der Waals surface area contributed by atoms with Crippen LogP contribution in [0.4, 0.5) is 0 Å². The third-order valence-corrected chi connectivity index (χ3v) is 3.94. The van der Waals surface area contributed by atoms with Gasteiger partial charge in [0, 0.05) is 24.5 Å². The number of rotatable bonds is 4. The van der Waals surface area contributed by atoms with Crippen LogP contribution >= 0.6 is 0 Å². The van der Waals surface area contributed by atoms with Crippen molar-refractivity contribution >= 4 is 17.7 Å². The van der Waals surface area contributed by atoms with Crippen LogP contribution in [0, 0.1) is 0 Å². The molecule has 2 aromatic carbocycles. The molecule has 0 saturated carbocycles. The number of hydrogen-bond acceptors (Lipinski definition) is 5. The fourth-order valence-electron chi connectivity index (χ4n) is 2.79. The zero-order valence-electron chi connectivity index (χ0n) is 13.6. The lowest BCUT2D eigenvalue weighted by atomic mass is 9.81. The van der Waals surface area contributed by atoms with E-state index in [1.807, 2.05) is 6.07 Å². The Morgan fingerprint density at radius 3 is 2.16 bits per heavy atom. The van der Waals surface area contributed by atoms with Gasteiger partial charge in [-0.2, -0.15) is 0 Å². The third-order valence-electron chi connectivity index (χ3n) is 3.94. The highest BCUT2D eigenvalue weighted by atomic mass is 16.6. The zero-order chi connectivity index (χ0) is 17.9. The molecular weight excluding hydrogens is 320 g/mol. The maximum absolute atomic E-state index is 13.2. The molecule has 1 heterocycles. The van der Waals surface area contributed by atoms with Crippen molar-refractivity contribution in [1.82, 2.24) is 0 Å². The summed E-state index contributed by atoms with van der Waals surface area (Å²) in [5.74, 6) is -1.98. The molecule has 1 unspecified atom stereocenters. The number of hydrogen-bond donors (Lipinski definition) is 0. The number of ketones is 1. The molecule has 1 aliphatic heterocycles. The van der Waals surface area contributed by atoms with Crippen LogP contribution in [0.2, 0.25) is 0 Å². The fraction of sp³-hybridized carbons (Fsp3) is 0.150. The number of carbonyl (C=O) groups is 3. The van der Waals surface area contributed by atoms with Crippen molar-refractivity contribution in [1.29, 1.82) is 0 Å². The first-order chi connectivity index (χ1) is 12.0. The summed E-state index contributed by atoms with van der Waals surface area (Å²) >= 11 is 0. The van der Waals surface area contributed by atoms with E-state index in [0.717, 1.165) is 0 Å². The molecule has 0 saturated heterocycles.